The Kier molecular flexibility index (Phi) is 5.44. The monoisotopic (exact) mass is 463 g/mol. The van der Waals surface area contributed by atoms with Crippen LogP contribution >= 0.6 is 11.3 Å². The molecule has 172 valence electrons. The summed E-state index contributed by atoms with van der Waals surface area (Å²) < 4.78 is 1.87. The predicted octanol–water partition coefficient (Wildman–Crippen LogP) is 4.12. The number of pyridine rings is 1. The predicted molar refractivity (Wildman–Crippen MR) is 134 cm³/mol. The topological polar surface area (TPSA) is 78.7 Å². The Bertz CT molecular complexity index is 1340. The second-order valence-electron chi connectivity index (χ2n) is 9.18. The van der Waals surface area contributed by atoms with Crippen molar-refractivity contribution in [1.82, 2.24) is 24.5 Å². The summed E-state index contributed by atoms with van der Waals surface area (Å²) in [6.45, 7) is 4.12. The maximum atomic E-state index is 12.9. The van der Waals surface area contributed by atoms with Gasteiger partial charge >= 0.3 is 0 Å². The van der Waals surface area contributed by atoms with Gasteiger partial charge in [0.05, 0.1) is 28.5 Å². The van der Waals surface area contributed by atoms with E-state index in [0.717, 1.165) is 52.2 Å². The largest absolute Gasteiger partial charge is 0.375 e. The van der Waals surface area contributed by atoms with Gasteiger partial charge in [-0.25, -0.2) is 14.5 Å². The Hall–Kier alpha value is -3.20. The average molecular weight is 464 g/mol. The van der Waals surface area contributed by atoms with Crippen molar-refractivity contribution in [1.29, 1.82) is 0 Å². The van der Waals surface area contributed by atoms with Gasteiger partial charge in [0.1, 0.15) is 17.0 Å². The lowest BCUT2D eigenvalue weighted by molar-refractivity contribution is -0.136. The van der Waals surface area contributed by atoms with Gasteiger partial charge in [-0.05, 0) is 50.8 Å². The van der Waals surface area contributed by atoms with E-state index in [-0.39, 0.29) is 17.9 Å². The maximum Gasteiger partial charge on any atom is 0.226 e. The quantitative estimate of drug-likeness (QED) is 0.480. The Morgan fingerprint density at radius 1 is 1.27 bits per heavy atom. The summed E-state index contributed by atoms with van der Waals surface area (Å²) in [4.78, 5) is 28.3. The number of hydrogen-bond donors (Lipinski definition) is 1. The number of thiophene rings is 1. The van der Waals surface area contributed by atoms with Crippen LogP contribution in [0.15, 0.2) is 30.9 Å². The van der Waals surface area contributed by atoms with Gasteiger partial charge in [0.25, 0.3) is 0 Å². The molecule has 8 nitrogen and oxygen atoms in total. The molecule has 1 atom stereocenters. The first kappa shape index (κ1) is 21.6. The number of hydrogen-bond acceptors (Lipinski definition) is 7. The molecule has 1 N–H and O–H groups in total. The molecule has 33 heavy (non-hydrogen) atoms. The van der Waals surface area contributed by atoms with Crippen molar-refractivity contribution in [2.75, 3.05) is 31.4 Å². The van der Waals surface area contributed by atoms with Crippen LogP contribution in [-0.4, -0.2) is 57.6 Å². The van der Waals surface area contributed by atoms with E-state index in [2.05, 4.69) is 45.2 Å². The Morgan fingerprint density at radius 3 is 2.85 bits per heavy atom. The molecule has 1 aliphatic carbocycles. The summed E-state index contributed by atoms with van der Waals surface area (Å²) in [6, 6.07) is 4.28. The minimum Gasteiger partial charge on any atom is -0.375 e. The fraction of sp³-hybridized carbons (Fsp3) is 0.417. The molecule has 1 aliphatic rings. The molecule has 0 fully saturated rings. The van der Waals surface area contributed by atoms with Crippen LogP contribution in [0.5, 0.6) is 0 Å². The fourth-order valence-electron chi connectivity index (χ4n) is 4.50. The van der Waals surface area contributed by atoms with Gasteiger partial charge in [0.2, 0.25) is 5.91 Å². The maximum absolute atomic E-state index is 12.9. The molecule has 0 aliphatic heterocycles. The summed E-state index contributed by atoms with van der Waals surface area (Å²) in [6.07, 6.45) is 7.92. The number of nitrogens with one attached hydrogen (secondary N) is 1. The zero-order valence-corrected chi connectivity index (χ0v) is 20.5. The van der Waals surface area contributed by atoms with E-state index in [1.807, 2.05) is 42.8 Å². The van der Waals surface area contributed by atoms with Crippen molar-refractivity contribution in [3.05, 3.63) is 41.3 Å². The van der Waals surface area contributed by atoms with E-state index in [0.29, 0.717) is 0 Å². The van der Waals surface area contributed by atoms with E-state index in [1.165, 1.54) is 10.4 Å². The number of fused-ring (bicyclic) bond motifs is 4. The van der Waals surface area contributed by atoms with Crippen LogP contribution in [0.2, 0.25) is 0 Å². The molecule has 0 saturated carbocycles. The number of aryl methyl sites for hydroxylation is 1. The Balaban J connectivity index is 1.52. The number of carbonyl (C=O) groups is 1. The molecule has 0 radical (unpaired) electrons. The lowest BCUT2D eigenvalue weighted by Crippen LogP contribution is -2.39. The molecule has 1 amide bonds. The van der Waals surface area contributed by atoms with Crippen LogP contribution in [-0.2, 0) is 17.6 Å². The lowest BCUT2D eigenvalue weighted by Gasteiger charge is -2.29. The summed E-state index contributed by atoms with van der Waals surface area (Å²) in [5.74, 6) is 1.09. The highest BCUT2D eigenvalue weighted by Crippen LogP contribution is 2.41. The molecule has 4 heterocycles. The molecular formula is C24H29N7OS. The van der Waals surface area contributed by atoms with E-state index >= 15 is 0 Å². The highest BCUT2D eigenvalue weighted by atomic mass is 32.1. The number of anilines is 3. The molecule has 0 aromatic carbocycles. The Morgan fingerprint density at radius 2 is 2.09 bits per heavy atom. The second-order valence-corrected chi connectivity index (χ2v) is 10.3. The summed E-state index contributed by atoms with van der Waals surface area (Å²) in [5.41, 5.74) is 4.28. The van der Waals surface area contributed by atoms with Crippen molar-refractivity contribution >= 4 is 50.2 Å². The van der Waals surface area contributed by atoms with E-state index in [4.69, 9.17) is 0 Å². The van der Waals surface area contributed by atoms with E-state index < -0.39 is 0 Å². The molecule has 9 heteroatoms. The van der Waals surface area contributed by atoms with Crippen LogP contribution < -0.4 is 10.2 Å². The third-order valence-corrected chi connectivity index (χ3v) is 7.73. The van der Waals surface area contributed by atoms with Crippen molar-refractivity contribution in [2.24, 2.45) is 5.92 Å². The summed E-state index contributed by atoms with van der Waals surface area (Å²) in [7, 11) is 5.94. The number of carbonyl (C=O) groups excluding carboxylic acids is 1. The SMILES string of the molecule is CC(C)N(C)C(=O)[C@H]1CCc2c(sc3ncnc(Nc4cc5ccnn5cc4N(C)C)c23)C1. The molecule has 0 spiro atoms. The first-order chi connectivity index (χ1) is 15.8. The van der Waals surface area contributed by atoms with Gasteiger partial charge in [0.15, 0.2) is 0 Å². The highest BCUT2D eigenvalue weighted by molar-refractivity contribution is 7.19. The zero-order valence-electron chi connectivity index (χ0n) is 19.7. The van der Waals surface area contributed by atoms with Crippen LogP contribution in [0.1, 0.15) is 30.7 Å². The average Bonchev–Trinajstić information content (AvgIpc) is 3.40. The van der Waals surface area contributed by atoms with Crippen molar-refractivity contribution < 1.29 is 4.79 Å². The third-order valence-electron chi connectivity index (χ3n) is 6.57. The van der Waals surface area contributed by atoms with Gasteiger partial charge in [-0.2, -0.15) is 5.10 Å². The van der Waals surface area contributed by atoms with Gasteiger partial charge in [-0.15, -0.1) is 11.3 Å². The standard InChI is InChI=1S/C24H29N7OS/c1-14(2)30(5)24(32)15-6-7-17-20(10-15)33-23-21(17)22(25-13-26-23)28-18-11-16-8-9-27-31(16)12-19(18)29(3)4/h8-9,11-15H,6-7,10H2,1-5H3,(H,25,26,28)/t15-/m0/s1. The summed E-state index contributed by atoms with van der Waals surface area (Å²) in [5, 5.41) is 9.02. The molecule has 4 aromatic rings. The normalized spacial score (nSPS) is 15.8. The Labute approximate surface area is 197 Å². The smallest absolute Gasteiger partial charge is 0.226 e. The molecular weight excluding hydrogens is 434 g/mol. The van der Waals surface area contributed by atoms with Crippen molar-refractivity contribution in [3.63, 3.8) is 0 Å². The van der Waals surface area contributed by atoms with E-state index in [1.54, 1.807) is 23.9 Å². The van der Waals surface area contributed by atoms with E-state index in [9.17, 15) is 4.79 Å². The lowest BCUT2D eigenvalue weighted by atomic mass is 9.86. The third kappa shape index (κ3) is 3.80. The number of amides is 1. The molecule has 5 rings (SSSR count). The van der Waals surface area contributed by atoms with Crippen LogP contribution in [0, 0.1) is 5.92 Å². The zero-order chi connectivity index (χ0) is 23.3. The first-order valence-electron chi connectivity index (χ1n) is 11.3. The van der Waals surface area contributed by atoms with Gasteiger partial charge < -0.3 is 15.1 Å². The fourth-order valence-corrected chi connectivity index (χ4v) is 5.76. The van der Waals surface area contributed by atoms with Crippen LogP contribution in [0.4, 0.5) is 17.2 Å². The molecule has 0 bridgehead atoms. The molecule has 0 saturated heterocycles. The van der Waals surface area contributed by atoms with Gasteiger partial charge in [-0.3, -0.25) is 4.79 Å². The molecule has 0 unspecified atom stereocenters. The van der Waals surface area contributed by atoms with Crippen molar-refractivity contribution in [3.8, 4) is 0 Å². The minimum atomic E-state index is 0.0342. The second kappa shape index (κ2) is 8.30. The molecule has 4 aromatic heterocycles. The van der Waals surface area contributed by atoms with Gasteiger partial charge in [0, 0.05) is 44.2 Å². The first-order valence-corrected chi connectivity index (χ1v) is 12.1. The minimum absolute atomic E-state index is 0.0342. The summed E-state index contributed by atoms with van der Waals surface area (Å²) >= 11 is 1.69. The van der Waals surface area contributed by atoms with Gasteiger partial charge in [-0.1, -0.05) is 0 Å². The highest BCUT2D eigenvalue weighted by Gasteiger charge is 2.31. The van der Waals surface area contributed by atoms with Crippen LogP contribution in [0.25, 0.3) is 15.7 Å². The number of nitrogens with zero attached hydrogens (tertiary/aromatic N) is 6. The number of rotatable bonds is 5. The number of aromatic nitrogens is 4. The van der Waals surface area contributed by atoms with Crippen LogP contribution in [0.3, 0.4) is 0 Å². The van der Waals surface area contributed by atoms with Crippen molar-refractivity contribution in [2.45, 2.75) is 39.2 Å².